The summed E-state index contributed by atoms with van der Waals surface area (Å²) in [5, 5.41) is 14.3. The van der Waals surface area contributed by atoms with Crippen LogP contribution in [-0.2, 0) is 40.9 Å². The lowest BCUT2D eigenvalue weighted by molar-refractivity contribution is -0.148. The molecule has 2 rings (SSSR count). The van der Waals surface area contributed by atoms with Gasteiger partial charge in [0.05, 0.1) is 17.8 Å². The Labute approximate surface area is 231 Å². The molecule has 0 fully saturated rings. The number of esters is 1. The molecule has 0 aliphatic rings. The number of rotatable bonds is 12. The van der Waals surface area contributed by atoms with Gasteiger partial charge in [-0.1, -0.05) is 60.7 Å². The molecule has 0 saturated carbocycles. The first-order valence-electron chi connectivity index (χ1n) is 13.0. The molecule has 2 aromatic carbocycles. The number of benzene rings is 2. The van der Waals surface area contributed by atoms with Crippen LogP contribution in [-0.4, -0.2) is 46.9 Å². The molecule has 0 bridgehead atoms. The van der Waals surface area contributed by atoms with Gasteiger partial charge in [0.25, 0.3) is 0 Å². The van der Waals surface area contributed by atoms with Crippen molar-refractivity contribution in [1.82, 2.24) is 5.32 Å². The highest BCUT2D eigenvalue weighted by molar-refractivity contribution is 7.54. The first-order chi connectivity index (χ1) is 18.1. The summed E-state index contributed by atoms with van der Waals surface area (Å²) in [6.07, 6.45) is -0.847. The number of carbonyl (C=O) groups is 2. The Kier molecular flexibility index (Phi) is 11.7. The zero-order valence-corrected chi connectivity index (χ0v) is 24.8. The molecule has 10 heteroatoms. The molecule has 1 unspecified atom stereocenters. The molecule has 0 aliphatic carbocycles. The molecule has 2 aromatic rings. The molecule has 0 saturated heterocycles. The van der Waals surface area contributed by atoms with Gasteiger partial charge >= 0.3 is 19.7 Å². The van der Waals surface area contributed by atoms with Gasteiger partial charge in [-0.3, -0.25) is 4.57 Å². The van der Waals surface area contributed by atoms with Gasteiger partial charge < -0.3 is 28.9 Å². The zero-order valence-electron chi connectivity index (χ0n) is 23.9. The van der Waals surface area contributed by atoms with Crippen molar-refractivity contribution in [1.29, 1.82) is 0 Å². The summed E-state index contributed by atoms with van der Waals surface area (Å²) >= 11 is 0. The number of alkyl carbamates (subject to hydrolysis) is 1. The van der Waals surface area contributed by atoms with Crippen LogP contribution in [0.4, 0.5) is 4.79 Å². The second kappa shape index (κ2) is 14.1. The predicted molar refractivity (Wildman–Crippen MR) is 149 cm³/mol. The highest BCUT2D eigenvalue weighted by Gasteiger charge is 2.50. The fourth-order valence-corrected chi connectivity index (χ4v) is 6.40. The van der Waals surface area contributed by atoms with Crippen LogP contribution in [0.3, 0.4) is 0 Å². The van der Waals surface area contributed by atoms with Crippen molar-refractivity contribution in [3.63, 3.8) is 0 Å². The summed E-state index contributed by atoms with van der Waals surface area (Å²) in [4.78, 5) is 26.1. The van der Waals surface area contributed by atoms with E-state index >= 15 is 0 Å². The van der Waals surface area contributed by atoms with Crippen molar-refractivity contribution in [2.75, 3.05) is 6.61 Å². The third kappa shape index (κ3) is 11.1. The Hall–Kier alpha value is -2.71. The monoisotopic (exact) mass is 563 g/mol. The predicted octanol–water partition coefficient (Wildman–Crippen LogP) is 5.85. The van der Waals surface area contributed by atoms with Gasteiger partial charge in [0.15, 0.2) is 5.85 Å². The molecule has 0 aliphatic heterocycles. The summed E-state index contributed by atoms with van der Waals surface area (Å²) in [7, 11) is -4.31. The number of hydrogen-bond donors (Lipinski definition) is 2. The topological polar surface area (TPSA) is 120 Å². The van der Waals surface area contributed by atoms with E-state index in [2.05, 4.69) is 5.32 Å². The van der Waals surface area contributed by atoms with Crippen molar-refractivity contribution in [3.8, 4) is 0 Å². The van der Waals surface area contributed by atoms with Crippen molar-refractivity contribution < 1.29 is 37.8 Å². The van der Waals surface area contributed by atoms with Crippen molar-refractivity contribution >= 4 is 19.7 Å². The fourth-order valence-electron chi connectivity index (χ4n) is 3.87. The summed E-state index contributed by atoms with van der Waals surface area (Å²) in [6.45, 7) is 11.7. The molecule has 39 heavy (non-hydrogen) atoms. The standard InChI is InChI=1S/C29H42NO8P/c1-8-35-25(31)24(30-27(33)36-20-22-17-13-10-14-18-22)23(19-21-15-11-9-12-16-21)26(32)39(34,37-28(2,3)4)38-29(5,6)7/h9-18,23-24,26,32H,8,19-20H2,1-7H3,(H,30,33)/t23-,24+,26?/m1/s1. The van der Waals surface area contributed by atoms with E-state index in [1.165, 1.54) is 0 Å². The number of aliphatic hydroxyl groups excluding tert-OH is 1. The van der Waals surface area contributed by atoms with Crippen LogP contribution in [0.2, 0.25) is 0 Å². The number of carbonyl (C=O) groups excluding carboxylic acids is 2. The van der Waals surface area contributed by atoms with Crippen LogP contribution >= 0.6 is 7.60 Å². The molecule has 0 heterocycles. The Balaban J connectivity index is 2.49. The number of amides is 1. The molecule has 3 atom stereocenters. The number of aliphatic hydroxyl groups is 1. The van der Waals surface area contributed by atoms with E-state index in [4.69, 9.17) is 18.5 Å². The lowest BCUT2D eigenvalue weighted by Crippen LogP contribution is -2.51. The highest BCUT2D eigenvalue weighted by Crippen LogP contribution is 2.60. The van der Waals surface area contributed by atoms with E-state index in [0.29, 0.717) is 0 Å². The minimum absolute atomic E-state index is 0.0267. The summed E-state index contributed by atoms with van der Waals surface area (Å²) in [5.74, 6) is -3.78. The lowest BCUT2D eigenvalue weighted by atomic mass is 9.92. The second-order valence-electron chi connectivity index (χ2n) is 11.2. The van der Waals surface area contributed by atoms with Gasteiger partial charge in [-0.25, -0.2) is 9.59 Å². The Morgan fingerprint density at radius 1 is 0.846 bits per heavy atom. The van der Waals surface area contributed by atoms with E-state index < -0.39 is 48.7 Å². The maximum Gasteiger partial charge on any atom is 0.408 e. The van der Waals surface area contributed by atoms with Crippen LogP contribution < -0.4 is 5.32 Å². The molecule has 2 N–H and O–H groups in total. The largest absolute Gasteiger partial charge is 0.464 e. The summed E-state index contributed by atoms with van der Waals surface area (Å²) in [6, 6.07) is 16.7. The van der Waals surface area contributed by atoms with Crippen LogP contribution in [0.25, 0.3) is 0 Å². The van der Waals surface area contributed by atoms with Gasteiger partial charge in [-0.2, -0.15) is 0 Å². The third-order valence-electron chi connectivity index (χ3n) is 5.28. The number of nitrogens with one attached hydrogen (secondary N) is 1. The summed E-state index contributed by atoms with van der Waals surface area (Å²) < 4.78 is 36.6. The van der Waals surface area contributed by atoms with Crippen molar-refractivity contribution in [2.24, 2.45) is 5.92 Å². The molecule has 0 radical (unpaired) electrons. The van der Waals surface area contributed by atoms with Gasteiger partial charge in [-0.15, -0.1) is 0 Å². The van der Waals surface area contributed by atoms with Gasteiger partial charge in [0.2, 0.25) is 0 Å². The number of ether oxygens (including phenoxy) is 2. The molecule has 0 spiro atoms. The van der Waals surface area contributed by atoms with E-state index in [9.17, 15) is 19.3 Å². The average molecular weight is 564 g/mol. The first-order valence-corrected chi connectivity index (χ1v) is 14.6. The Morgan fingerprint density at radius 3 is 1.79 bits per heavy atom. The molecule has 216 valence electrons. The van der Waals surface area contributed by atoms with E-state index in [0.717, 1.165) is 11.1 Å². The van der Waals surface area contributed by atoms with Crippen LogP contribution in [0.5, 0.6) is 0 Å². The Bertz CT molecular complexity index is 1080. The fraction of sp³-hybridized carbons (Fsp3) is 0.517. The molecule has 1 amide bonds. The van der Waals surface area contributed by atoms with Gasteiger partial charge in [0.1, 0.15) is 12.6 Å². The lowest BCUT2D eigenvalue weighted by Gasteiger charge is -2.38. The normalized spacial score (nSPS) is 14.7. The van der Waals surface area contributed by atoms with E-state index in [1.807, 2.05) is 24.3 Å². The highest BCUT2D eigenvalue weighted by atomic mass is 31.2. The van der Waals surface area contributed by atoms with Crippen molar-refractivity contribution in [2.45, 2.75) is 84.6 Å². The SMILES string of the molecule is CCOC(=O)[C@@H](NC(=O)OCc1ccccc1)[C@@H](Cc1ccccc1)C(O)P(=O)(OC(C)(C)C)OC(C)(C)C. The first kappa shape index (κ1) is 32.5. The van der Waals surface area contributed by atoms with E-state index in [-0.39, 0.29) is 19.6 Å². The molecule has 0 aromatic heterocycles. The third-order valence-corrected chi connectivity index (χ3v) is 7.91. The van der Waals surface area contributed by atoms with E-state index in [1.54, 1.807) is 84.9 Å². The second-order valence-corrected chi connectivity index (χ2v) is 13.1. The maximum absolute atomic E-state index is 14.3. The minimum atomic E-state index is -4.31. The average Bonchev–Trinajstić information content (AvgIpc) is 2.83. The van der Waals surface area contributed by atoms with Crippen LogP contribution in [0, 0.1) is 5.92 Å². The van der Waals surface area contributed by atoms with Crippen molar-refractivity contribution in [3.05, 3.63) is 71.8 Å². The number of hydrogen-bond acceptors (Lipinski definition) is 8. The van der Waals surface area contributed by atoms with Crippen LogP contribution in [0.15, 0.2) is 60.7 Å². The molecule has 9 nitrogen and oxygen atoms in total. The minimum Gasteiger partial charge on any atom is -0.464 e. The summed E-state index contributed by atoms with van der Waals surface area (Å²) in [5.41, 5.74) is -0.433. The van der Waals surface area contributed by atoms with Gasteiger partial charge in [0, 0.05) is 5.92 Å². The maximum atomic E-state index is 14.3. The smallest absolute Gasteiger partial charge is 0.408 e. The zero-order chi connectivity index (χ0) is 29.3. The molecular weight excluding hydrogens is 521 g/mol. The van der Waals surface area contributed by atoms with Gasteiger partial charge in [-0.05, 0) is 66.0 Å². The van der Waals surface area contributed by atoms with Crippen LogP contribution in [0.1, 0.15) is 59.6 Å². The molecular formula is C29H42NO8P. The quantitative estimate of drug-likeness (QED) is 0.244. The Morgan fingerprint density at radius 2 is 1.33 bits per heavy atom.